The zero-order chi connectivity index (χ0) is 20.3. The number of carbonyl (C=O) groups is 1. The average molecular weight is 408 g/mol. The zero-order valence-corrected chi connectivity index (χ0v) is 17.3. The van der Waals surface area contributed by atoms with E-state index in [4.69, 9.17) is 23.7 Å². The second-order valence-electron chi connectivity index (χ2n) is 7.58. The van der Waals surface area contributed by atoms with Gasteiger partial charge in [-0.1, -0.05) is 6.07 Å². The molecule has 7 nitrogen and oxygen atoms in total. The molecule has 0 spiro atoms. The Balaban J connectivity index is 1.29. The smallest absolute Gasteiger partial charge is 0.255 e. The molecule has 2 unspecified atom stereocenters. The summed E-state index contributed by atoms with van der Waals surface area (Å²) in [5.74, 6) is 0.544. The van der Waals surface area contributed by atoms with Crippen molar-refractivity contribution in [2.24, 2.45) is 0 Å². The number of benzene rings is 1. The Morgan fingerprint density at radius 1 is 1.00 bits per heavy atom. The fourth-order valence-corrected chi connectivity index (χ4v) is 2.81. The Morgan fingerprint density at radius 2 is 1.62 bits per heavy atom. The van der Waals surface area contributed by atoms with Crippen molar-refractivity contribution in [1.82, 2.24) is 5.32 Å². The van der Waals surface area contributed by atoms with Gasteiger partial charge in [-0.15, -0.1) is 0 Å². The van der Waals surface area contributed by atoms with Gasteiger partial charge in [0.2, 0.25) is 0 Å². The van der Waals surface area contributed by atoms with E-state index in [1.165, 1.54) is 0 Å². The number of epoxide rings is 2. The molecule has 0 aliphatic carbocycles. The fraction of sp³-hybridized carbons (Fsp3) is 0.682. The van der Waals surface area contributed by atoms with E-state index in [1.807, 2.05) is 25.1 Å². The van der Waals surface area contributed by atoms with Gasteiger partial charge in [-0.25, -0.2) is 0 Å². The van der Waals surface area contributed by atoms with Crippen LogP contribution in [0.4, 0.5) is 0 Å². The molecular formula is C22H33NO6. The van der Waals surface area contributed by atoms with Gasteiger partial charge in [0.1, 0.15) is 18.0 Å². The number of rotatable bonds is 16. The van der Waals surface area contributed by atoms with E-state index in [0.717, 1.165) is 44.5 Å². The van der Waals surface area contributed by atoms with Crippen molar-refractivity contribution < 1.29 is 28.5 Å². The predicted molar refractivity (Wildman–Crippen MR) is 109 cm³/mol. The Bertz CT molecular complexity index is 630. The van der Waals surface area contributed by atoms with Crippen LogP contribution in [0.2, 0.25) is 0 Å². The number of aryl methyl sites for hydroxylation is 1. The molecule has 29 heavy (non-hydrogen) atoms. The molecule has 1 N–H and O–H groups in total. The minimum atomic E-state index is -0.0972. The first kappa shape index (κ1) is 22.0. The van der Waals surface area contributed by atoms with Crippen LogP contribution in [0.1, 0.15) is 41.6 Å². The Labute approximate surface area is 173 Å². The SMILES string of the molecule is Cc1ccc(C(=O)NCCCCOCC2CO2)c(OCCCCOCC2CO2)c1. The topological polar surface area (TPSA) is 81.9 Å². The molecule has 1 amide bonds. The third-order valence-corrected chi connectivity index (χ3v) is 4.74. The van der Waals surface area contributed by atoms with Gasteiger partial charge in [0.05, 0.1) is 38.6 Å². The van der Waals surface area contributed by atoms with Gasteiger partial charge in [0, 0.05) is 19.8 Å². The van der Waals surface area contributed by atoms with E-state index >= 15 is 0 Å². The fourth-order valence-electron chi connectivity index (χ4n) is 2.81. The lowest BCUT2D eigenvalue weighted by atomic mass is 10.1. The van der Waals surface area contributed by atoms with Gasteiger partial charge in [-0.05, 0) is 50.3 Å². The highest BCUT2D eigenvalue weighted by molar-refractivity contribution is 5.97. The standard InChI is InChI=1S/C22H33NO6/c1-17-6-7-20(22(24)23-8-2-3-9-25-13-18-15-28-18)21(12-17)27-11-5-4-10-26-14-19-16-29-19/h6-7,12,18-19H,2-5,8-11,13-16H2,1H3,(H,23,24). The minimum Gasteiger partial charge on any atom is -0.493 e. The molecule has 7 heteroatoms. The number of unbranched alkanes of at least 4 members (excludes halogenated alkanes) is 2. The average Bonchev–Trinajstić information content (AvgIpc) is 3.61. The molecule has 0 radical (unpaired) electrons. The highest BCUT2D eigenvalue weighted by Gasteiger charge is 2.22. The second kappa shape index (κ2) is 12.1. The van der Waals surface area contributed by atoms with Crippen molar-refractivity contribution in [2.45, 2.75) is 44.8 Å². The molecule has 2 saturated heterocycles. The number of carbonyl (C=O) groups excluding carboxylic acids is 1. The van der Waals surface area contributed by atoms with E-state index in [2.05, 4.69) is 5.32 Å². The monoisotopic (exact) mass is 407 g/mol. The predicted octanol–water partition coefficient (Wildman–Crippen LogP) is 2.49. The van der Waals surface area contributed by atoms with Crippen molar-refractivity contribution in [1.29, 1.82) is 0 Å². The summed E-state index contributed by atoms with van der Waals surface area (Å²) in [6, 6.07) is 5.69. The van der Waals surface area contributed by atoms with Gasteiger partial charge in [-0.2, -0.15) is 0 Å². The number of ether oxygens (including phenoxy) is 5. The Hall–Kier alpha value is -1.67. The molecule has 0 aromatic heterocycles. The molecular weight excluding hydrogens is 374 g/mol. The number of hydrogen-bond acceptors (Lipinski definition) is 6. The van der Waals surface area contributed by atoms with Gasteiger partial charge in [0.25, 0.3) is 5.91 Å². The van der Waals surface area contributed by atoms with Crippen LogP contribution in [0.3, 0.4) is 0 Å². The maximum Gasteiger partial charge on any atom is 0.255 e. The first-order chi connectivity index (χ1) is 14.2. The molecule has 1 aromatic rings. The largest absolute Gasteiger partial charge is 0.493 e. The van der Waals surface area contributed by atoms with Crippen LogP contribution in [0, 0.1) is 6.92 Å². The van der Waals surface area contributed by atoms with Crippen LogP contribution in [0.5, 0.6) is 5.75 Å². The van der Waals surface area contributed by atoms with Crippen LogP contribution >= 0.6 is 0 Å². The molecule has 0 saturated carbocycles. The van der Waals surface area contributed by atoms with Crippen molar-refractivity contribution in [3.63, 3.8) is 0 Å². The summed E-state index contributed by atoms with van der Waals surface area (Å²) in [4.78, 5) is 12.5. The number of nitrogens with one attached hydrogen (secondary N) is 1. The van der Waals surface area contributed by atoms with Crippen molar-refractivity contribution in [3.8, 4) is 5.75 Å². The van der Waals surface area contributed by atoms with Gasteiger partial charge in [0.15, 0.2) is 0 Å². The first-order valence-corrected chi connectivity index (χ1v) is 10.6. The Morgan fingerprint density at radius 3 is 2.28 bits per heavy atom. The van der Waals surface area contributed by atoms with Crippen molar-refractivity contribution >= 4 is 5.91 Å². The maximum atomic E-state index is 12.5. The van der Waals surface area contributed by atoms with E-state index < -0.39 is 0 Å². The van der Waals surface area contributed by atoms with E-state index in [-0.39, 0.29) is 5.91 Å². The van der Waals surface area contributed by atoms with Crippen LogP contribution in [0.25, 0.3) is 0 Å². The summed E-state index contributed by atoms with van der Waals surface area (Å²) >= 11 is 0. The molecule has 2 heterocycles. The molecule has 2 atom stereocenters. The summed E-state index contributed by atoms with van der Waals surface area (Å²) in [5.41, 5.74) is 1.65. The third-order valence-electron chi connectivity index (χ3n) is 4.74. The molecule has 162 valence electrons. The first-order valence-electron chi connectivity index (χ1n) is 10.6. The van der Waals surface area contributed by atoms with Crippen LogP contribution in [0.15, 0.2) is 18.2 Å². The van der Waals surface area contributed by atoms with Crippen LogP contribution in [-0.2, 0) is 18.9 Å². The zero-order valence-electron chi connectivity index (χ0n) is 17.3. The molecule has 2 aliphatic rings. The summed E-state index contributed by atoms with van der Waals surface area (Å²) in [7, 11) is 0. The lowest BCUT2D eigenvalue weighted by Gasteiger charge is -2.13. The highest BCUT2D eigenvalue weighted by Crippen LogP contribution is 2.21. The maximum absolute atomic E-state index is 12.5. The summed E-state index contributed by atoms with van der Waals surface area (Å²) < 4.78 is 27.1. The number of amides is 1. The molecule has 3 rings (SSSR count). The van der Waals surface area contributed by atoms with Crippen LogP contribution < -0.4 is 10.1 Å². The van der Waals surface area contributed by atoms with E-state index in [1.54, 1.807) is 0 Å². The second-order valence-corrected chi connectivity index (χ2v) is 7.58. The normalized spacial score (nSPS) is 19.8. The van der Waals surface area contributed by atoms with Gasteiger partial charge < -0.3 is 29.0 Å². The van der Waals surface area contributed by atoms with Crippen molar-refractivity contribution in [3.05, 3.63) is 29.3 Å². The van der Waals surface area contributed by atoms with Gasteiger partial charge >= 0.3 is 0 Å². The van der Waals surface area contributed by atoms with Crippen LogP contribution in [-0.4, -0.2) is 70.9 Å². The molecule has 2 fully saturated rings. The van der Waals surface area contributed by atoms with Crippen molar-refractivity contribution in [2.75, 3.05) is 52.8 Å². The molecule has 1 aromatic carbocycles. The number of hydrogen-bond donors (Lipinski definition) is 1. The quantitative estimate of drug-likeness (QED) is 0.335. The summed E-state index contributed by atoms with van der Waals surface area (Å²) in [6.45, 7) is 7.60. The lowest BCUT2D eigenvalue weighted by Crippen LogP contribution is -2.25. The molecule has 0 bridgehead atoms. The summed E-state index contributed by atoms with van der Waals surface area (Å²) in [6.07, 6.45) is 4.22. The minimum absolute atomic E-state index is 0.0972. The lowest BCUT2D eigenvalue weighted by molar-refractivity contribution is 0.0940. The third kappa shape index (κ3) is 9.12. The van der Waals surface area contributed by atoms with Gasteiger partial charge in [-0.3, -0.25) is 4.79 Å². The van der Waals surface area contributed by atoms with E-state index in [9.17, 15) is 4.79 Å². The summed E-state index contributed by atoms with van der Waals surface area (Å²) in [5, 5.41) is 2.97. The molecule has 2 aliphatic heterocycles. The van der Waals surface area contributed by atoms with E-state index in [0.29, 0.717) is 63.1 Å². The Kier molecular flexibility index (Phi) is 9.21. The highest BCUT2D eigenvalue weighted by atomic mass is 16.6.